The van der Waals surface area contributed by atoms with Gasteiger partial charge in [-0.3, -0.25) is 9.69 Å². The third-order valence-corrected chi connectivity index (χ3v) is 5.20. The van der Waals surface area contributed by atoms with Gasteiger partial charge in [0.15, 0.2) is 5.82 Å². The molecule has 2 aromatic rings. The van der Waals surface area contributed by atoms with Crippen LogP contribution in [0.4, 0.5) is 4.39 Å². The summed E-state index contributed by atoms with van der Waals surface area (Å²) in [7, 11) is 0. The second-order valence-corrected chi connectivity index (χ2v) is 8.15. The molecule has 3 rings (SSSR count). The van der Waals surface area contributed by atoms with Gasteiger partial charge in [0.25, 0.3) is 0 Å². The van der Waals surface area contributed by atoms with Crippen LogP contribution in [0.2, 0.25) is 0 Å². The molecule has 0 aliphatic carbocycles. The molecule has 1 aromatic heterocycles. The van der Waals surface area contributed by atoms with Crippen LogP contribution in [0.15, 0.2) is 28.8 Å². The van der Waals surface area contributed by atoms with E-state index < -0.39 is 0 Å². The van der Waals surface area contributed by atoms with Crippen LogP contribution < -0.4 is 0 Å². The van der Waals surface area contributed by atoms with Crippen LogP contribution in [-0.2, 0) is 17.9 Å². The van der Waals surface area contributed by atoms with E-state index in [9.17, 15) is 9.18 Å². The van der Waals surface area contributed by atoms with Gasteiger partial charge >= 0.3 is 0 Å². The molecule has 2 heterocycles. The van der Waals surface area contributed by atoms with E-state index in [2.05, 4.69) is 28.9 Å². The number of hydrogen-bond donors (Lipinski definition) is 0. The highest BCUT2D eigenvalue weighted by Crippen LogP contribution is 2.22. The molecule has 0 unspecified atom stereocenters. The van der Waals surface area contributed by atoms with Crippen LogP contribution in [-0.4, -0.2) is 45.0 Å². The zero-order chi connectivity index (χ0) is 20.3. The first-order chi connectivity index (χ1) is 13.3. The highest BCUT2D eigenvalue weighted by Gasteiger charge is 2.32. The van der Waals surface area contributed by atoms with Crippen molar-refractivity contribution in [3.63, 3.8) is 0 Å². The summed E-state index contributed by atoms with van der Waals surface area (Å²) in [5, 5.41) is 4.03. The monoisotopic (exact) mass is 388 g/mol. The molecule has 7 heteroatoms. The Balaban J connectivity index is 1.74. The first-order valence-electron chi connectivity index (χ1n) is 9.92. The van der Waals surface area contributed by atoms with Crippen molar-refractivity contribution < 1.29 is 13.7 Å². The minimum atomic E-state index is -0.266. The number of amides is 1. The normalized spacial score (nSPS) is 18.9. The lowest BCUT2D eigenvalue weighted by Crippen LogP contribution is -2.45. The van der Waals surface area contributed by atoms with Gasteiger partial charge in [0, 0.05) is 38.0 Å². The average Bonchev–Trinajstić information content (AvgIpc) is 3.06. The number of halogens is 1. The molecular formula is C21H29FN4O2. The number of carbonyl (C=O) groups is 1. The molecule has 1 atom stereocenters. The molecule has 1 aliphatic rings. The van der Waals surface area contributed by atoms with Crippen LogP contribution >= 0.6 is 0 Å². The van der Waals surface area contributed by atoms with E-state index in [0.717, 1.165) is 12.1 Å². The predicted molar refractivity (Wildman–Crippen MR) is 104 cm³/mol. The van der Waals surface area contributed by atoms with Crippen LogP contribution in [0.3, 0.4) is 0 Å². The number of hydrogen-bond acceptors (Lipinski definition) is 5. The molecule has 1 aliphatic heterocycles. The summed E-state index contributed by atoms with van der Waals surface area (Å²) in [4.78, 5) is 21.5. The summed E-state index contributed by atoms with van der Waals surface area (Å²) in [5.74, 6) is 1.67. The largest absolute Gasteiger partial charge is 0.338 e. The van der Waals surface area contributed by atoms with Crippen molar-refractivity contribution in [2.45, 2.75) is 59.2 Å². The van der Waals surface area contributed by atoms with E-state index in [1.54, 1.807) is 12.1 Å². The zero-order valence-corrected chi connectivity index (χ0v) is 17.1. The SMILES string of the molecule is CC(C)c1noc(CN2CCC(=O)N(Cc3ccc(F)cc3)[C@H](C(C)C)C2)n1. The summed E-state index contributed by atoms with van der Waals surface area (Å²) >= 11 is 0. The first kappa shape index (κ1) is 20.5. The van der Waals surface area contributed by atoms with Crippen molar-refractivity contribution in [1.29, 1.82) is 0 Å². The van der Waals surface area contributed by atoms with Crippen molar-refractivity contribution in [1.82, 2.24) is 19.9 Å². The first-order valence-corrected chi connectivity index (χ1v) is 9.92. The molecule has 1 amide bonds. The topological polar surface area (TPSA) is 62.5 Å². The maximum atomic E-state index is 13.2. The lowest BCUT2D eigenvalue weighted by molar-refractivity contribution is -0.134. The second-order valence-electron chi connectivity index (χ2n) is 8.15. The summed E-state index contributed by atoms with van der Waals surface area (Å²) in [6, 6.07) is 6.43. The zero-order valence-electron chi connectivity index (χ0n) is 17.1. The van der Waals surface area contributed by atoms with E-state index in [1.807, 2.05) is 18.7 Å². The number of benzene rings is 1. The Labute approximate surface area is 165 Å². The Hall–Kier alpha value is -2.28. The van der Waals surface area contributed by atoms with Gasteiger partial charge in [-0.25, -0.2) is 4.39 Å². The van der Waals surface area contributed by atoms with Gasteiger partial charge in [0.2, 0.25) is 11.8 Å². The Morgan fingerprint density at radius 2 is 1.89 bits per heavy atom. The van der Waals surface area contributed by atoms with Gasteiger partial charge in [-0.2, -0.15) is 4.98 Å². The number of carbonyl (C=O) groups excluding carboxylic acids is 1. The molecular weight excluding hydrogens is 359 g/mol. The summed E-state index contributed by atoms with van der Waals surface area (Å²) < 4.78 is 18.6. The third-order valence-electron chi connectivity index (χ3n) is 5.20. The quantitative estimate of drug-likeness (QED) is 0.757. The highest BCUT2D eigenvalue weighted by molar-refractivity contribution is 5.77. The van der Waals surface area contributed by atoms with Crippen molar-refractivity contribution in [2.75, 3.05) is 13.1 Å². The number of nitrogens with zero attached hydrogens (tertiary/aromatic N) is 4. The minimum absolute atomic E-state index is 0.0625. The predicted octanol–water partition coefficient (Wildman–Crippen LogP) is 3.59. The molecule has 0 saturated carbocycles. The van der Waals surface area contributed by atoms with Crippen molar-refractivity contribution in [2.24, 2.45) is 5.92 Å². The fourth-order valence-corrected chi connectivity index (χ4v) is 3.50. The van der Waals surface area contributed by atoms with Gasteiger partial charge in [-0.05, 0) is 23.6 Å². The fourth-order valence-electron chi connectivity index (χ4n) is 3.50. The lowest BCUT2D eigenvalue weighted by Gasteiger charge is -2.34. The van der Waals surface area contributed by atoms with Gasteiger partial charge in [-0.1, -0.05) is 45.0 Å². The van der Waals surface area contributed by atoms with Gasteiger partial charge < -0.3 is 9.42 Å². The molecule has 152 valence electrons. The molecule has 0 spiro atoms. The molecule has 1 aromatic carbocycles. The van der Waals surface area contributed by atoms with Gasteiger partial charge in [0.1, 0.15) is 5.82 Å². The third kappa shape index (κ3) is 4.95. The molecule has 1 fully saturated rings. The minimum Gasteiger partial charge on any atom is -0.338 e. The maximum absolute atomic E-state index is 13.2. The molecule has 1 saturated heterocycles. The summed E-state index contributed by atoms with van der Waals surface area (Å²) in [5.41, 5.74) is 0.937. The molecule has 6 nitrogen and oxygen atoms in total. The summed E-state index contributed by atoms with van der Waals surface area (Å²) in [6.07, 6.45) is 0.440. The fraction of sp³-hybridized carbons (Fsp3) is 0.571. The van der Waals surface area contributed by atoms with E-state index in [4.69, 9.17) is 4.52 Å². The van der Waals surface area contributed by atoms with E-state index in [-0.39, 0.29) is 23.7 Å². The van der Waals surface area contributed by atoms with Crippen LogP contribution in [0.25, 0.3) is 0 Å². The Morgan fingerprint density at radius 1 is 1.18 bits per heavy atom. The van der Waals surface area contributed by atoms with E-state index >= 15 is 0 Å². The Morgan fingerprint density at radius 3 is 2.50 bits per heavy atom. The van der Waals surface area contributed by atoms with Gasteiger partial charge in [-0.15, -0.1) is 0 Å². The van der Waals surface area contributed by atoms with Crippen LogP contribution in [0, 0.1) is 11.7 Å². The second kappa shape index (κ2) is 8.82. The van der Waals surface area contributed by atoms with E-state index in [0.29, 0.717) is 43.7 Å². The molecule has 0 bridgehead atoms. The maximum Gasteiger partial charge on any atom is 0.240 e. The summed E-state index contributed by atoms with van der Waals surface area (Å²) in [6.45, 7) is 10.7. The Bertz CT molecular complexity index is 788. The molecule has 0 radical (unpaired) electrons. The Kier molecular flexibility index (Phi) is 6.44. The standard InChI is InChI=1S/C21H29FN4O2/c1-14(2)18-12-25(13-19-23-21(15(3)4)24-28-19)10-9-20(27)26(18)11-16-5-7-17(22)8-6-16/h5-8,14-15,18H,9-13H2,1-4H3/t18-/m0/s1. The number of rotatable bonds is 6. The molecule has 0 N–H and O–H groups in total. The lowest BCUT2D eigenvalue weighted by atomic mass is 10.0. The van der Waals surface area contributed by atoms with Crippen LogP contribution in [0.1, 0.15) is 57.3 Å². The van der Waals surface area contributed by atoms with Crippen molar-refractivity contribution in [3.05, 3.63) is 47.4 Å². The molecule has 28 heavy (non-hydrogen) atoms. The smallest absolute Gasteiger partial charge is 0.240 e. The van der Waals surface area contributed by atoms with Crippen LogP contribution in [0.5, 0.6) is 0 Å². The van der Waals surface area contributed by atoms with Crippen molar-refractivity contribution in [3.8, 4) is 0 Å². The number of aromatic nitrogens is 2. The van der Waals surface area contributed by atoms with Gasteiger partial charge in [0.05, 0.1) is 6.54 Å². The average molecular weight is 388 g/mol. The highest BCUT2D eigenvalue weighted by atomic mass is 19.1. The van der Waals surface area contributed by atoms with Crippen molar-refractivity contribution >= 4 is 5.91 Å². The van der Waals surface area contributed by atoms with E-state index in [1.165, 1.54) is 12.1 Å².